The molecule has 9 heteroatoms. The Morgan fingerprint density at radius 3 is 2.77 bits per heavy atom. The van der Waals surface area contributed by atoms with E-state index in [1.165, 1.54) is 18.2 Å². The number of anilines is 1. The van der Waals surface area contributed by atoms with E-state index in [1.807, 2.05) is 13.0 Å². The highest BCUT2D eigenvalue weighted by Crippen LogP contribution is 2.42. The first kappa shape index (κ1) is 25.2. The van der Waals surface area contributed by atoms with Crippen molar-refractivity contribution in [1.29, 1.82) is 5.26 Å². The van der Waals surface area contributed by atoms with Crippen LogP contribution in [0.5, 0.6) is 5.75 Å². The number of nitriles is 1. The maximum absolute atomic E-state index is 15.0. The van der Waals surface area contributed by atoms with E-state index in [0.717, 1.165) is 24.2 Å². The lowest BCUT2D eigenvalue weighted by Crippen LogP contribution is -2.58. The molecule has 2 N–H and O–H groups in total. The summed E-state index contributed by atoms with van der Waals surface area (Å²) in [7, 11) is 0. The summed E-state index contributed by atoms with van der Waals surface area (Å²) in [4.78, 5) is 6.80. The van der Waals surface area contributed by atoms with Gasteiger partial charge in [0.05, 0.1) is 41.1 Å². The molecule has 2 aliphatic heterocycles. The number of fused-ring (bicyclic) bond motifs is 2. The third-order valence-corrected chi connectivity index (χ3v) is 7.50. The number of aromatic nitrogens is 1. The van der Waals surface area contributed by atoms with E-state index in [1.54, 1.807) is 24.4 Å². The van der Waals surface area contributed by atoms with Gasteiger partial charge in [-0.3, -0.25) is 4.98 Å². The number of phenols is 1. The van der Waals surface area contributed by atoms with Gasteiger partial charge in [0, 0.05) is 36.8 Å². The molecule has 4 aromatic rings. The van der Waals surface area contributed by atoms with Gasteiger partial charge in [0.2, 0.25) is 0 Å². The molecule has 0 spiro atoms. The second-order valence-electron chi connectivity index (χ2n) is 10.0. The van der Waals surface area contributed by atoms with Crippen LogP contribution >= 0.6 is 0 Å². The fourth-order valence-corrected chi connectivity index (χ4v) is 5.73. The zero-order valence-electron chi connectivity index (χ0n) is 21.1. The average molecular weight is 531 g/mol. The third-order valence-electron chi connectivity index (χ3n) is 7.50. The molecule has 1 aromatic heterocycles. The number of hydrogen-bond acceptors (Lipinski definition) is 6. The smallest absolute Gasteiger partial charge is 0.170 e. The molecule has 2 fully saturated rings. The molecule has 6 rings (SSSR count). The van der Waals surface area contributed by atoms with Gasteiger partial charge in [0.25, 0.3) is 0 Å². The molecule has 2 saturated heterocycles. The quantitative estimate of drug-likeness (QED) is 0.367. The fraction of sp³-hybridized carbons (Fsp3) is 0.267. The molecule has 198 valence electrons. The lowest BCUT2D eigenvalue weighted by atomic mass is 9.93. The lowest BCUT2D eigenvalue weighted by molar-refractivity contribution is -0.0134. The van der Waals surface area contributed by atoms with Crippen LogP contribution in [0.25, 0.3) is 33.2 Å². The van der Waals surface area contributed by atoms with Gasteiger partial charge in [-0.25, -0.2) is 13.2 Å². The van der Waals surface area contributed by atoms with E-state index in [9.17, 15) is 19.1 Å². The first-order chi connectivity index (χ1) is 18.8. The van der Waals surface area contributed by atoms with Crippen molar-refractivity contribution >= 4 is 16.6 Å². The van der Waals surface area contributed by atoms with Crippen LogP contribution in [-0.2, 0) is 4.74 Å². The Bertz CT molecular complexity index is 1630. The summed E-state index contributed by atoms with van der Waals surface area (Å²) >= 11 is 0. The highest BCUT2D eigenvalue weighted by atomic mass is 19.2. The van der Waals surface area contributed by atoms with Crippen LogP contribution in [0, 0.1) is 35.7 Å². The standard InChI is InChI=1S/C30H25F3N4O2/c1-16-8-18(10-20(31)9-16)22-14-36-24-3-2-17(27-28(33)23(32)12-19(13-34)30(27)38)11-21(24)29(22)37-6-4-26-25(15-37)35-5-7-39-26/h2-3,8-12,14,25-26,35,38H,4-7,15H2,1H3/t25-,26?/m1/s1. The van der Waals surface area contributed by atoms with Crippen LogP contribution in [0.4, 0.5) is 18.9 Å². The Morgan fingerprint density at radius 1 is 1.13 bits per heavy atom. The number of nitrogens with zero attached hydrogens (tertiary/aromatic N) is 3. The summed E-state index contributed by atoms with van der Waals surface area (Å²) in [5.41, 5.74) is 2.89. The molecule has 2 aliphatic rings. The number of benzene rings is 3. The number of rotatable bonds is 3. The number of morpholine rings is 1. The molecule has 0 amide bonds. The highest BCUT2D eigenvalue weighted by Gasteiger charge is 2.34. The van der Waals surface area contributed by atoms with E-state index in [0.29, 0.717) is 47.8 Å². The first-order valence-corrected chi connectivity index (χ1v) is 12.8. The predicted octanol–water partition coefficient (Wildman–Crippen LogP) is 5.44. The Morgan fingerprint density at radius 2 is 1.97 bits per heavy atom. The Hall–Kier alpha value is -4.13. The minimum atomic E-state index is -1.25. The summed E-state index contributed by atoms with van der Waals surface area (Å²) in [6, 6.07) is 12.1. The molecule has 39 heavy (non-hydrogen) atoms. The molecule has 0 saturated carbocycles. The Labute approximate surface area is 223 Å². The molecule has 3 heterocycles. The summed E-state index contributed by atoms with van der Waals surface area (Å²) in [6.45, 7) is 4.49. The molecule has 6 nitrogen and oxygen atoms in total. The van der Waals surface area contributed by atoms with E-state index in [4.69, 9.17) is 4.74 Å². The van der Waals surface area contributed by atoms with Gasteiger partial charge in [0.1, 0.15) is 17.6 Å². The second-order valence-corrected chi connectivity index (χ2v) is 10.0. The fourth-order valence-electron chi connectivity index (χ4n) is 5.73. The van der Waals surface area contributed by atoms with Crippen molar-refractivity contribution in [1.82, 2.24) is 10.3 Å². The van der Waals surface area contributed by atoms with Crippen molar-refractivity contribution in [3.63, 3.8) is 0 Å². The van der Waals surface area contributed by atoms with Crippen molar-refractivity contribution in [2.45, 2.75) is 25.5 Å². The number of nitrogens with one attached hydrogen (secondary N) is 1. The monoisotopic (exact) mass is 530 g/mol. The van der Waals surface area contributed by atoms with E-state index in [2.05, 4.69) is 15.2 Å². The van der Waals surface area contributed by atoms with Gasteiger partial charge < -0.3 is 20.1 Å². The minimum absolute atomic E-state index is 0.0845. The number of ether oxygens (including phenoxy) is 1. The summed E-state index contributed by atoms with van der Waals surface area (Å²) < 4.78 is 49.9. The zero-order valence-corrected chi connectivity index (χ0v) is 21.1. The topological polar surface area (TPSA) is 81.4 Å². The predicted molar refractivity (Wildman–Crippen MR) is 142 cm³/mol. The summed E-state index contributed by atoms with van der Waals surface area (Å²) in [5.74, 6) is -3.48. The molecule has 0 bridgehead atoms. The van der Waals surface area contributed by atoms with Crippen LogP contribution in [-0.4, -0.2) is 48.5 Å². The maximum Gasteiger partial charge on any atom is 0.170 e. The number of hydrogen-bond donors (Lipinski definition) is 2. The van der Waals surface area contributed by atoms with Gasteiger partial charge in [-0.05, 0) is 60.4 Å². The third kappa shape index (κ3) is 4.46. The second kappa shape index (κ2) is 9.88. The van der Waals surface area contributed by atoms with Crippen molar-refractivity contribution in [3.05, 3.63) is 77.2 Å². The maximum atomic E-state index is 15.0. The van der Waals surface area contributed by atoms with Crippen molar-refractivity contribution in [2.75, 3.05) is 31.1 Å². The normalized spacial score (nSPS) is 19.1. The molecule has 0 radical (unpaired) electrons. The number of piperidine rings is 1. The number of pyridine rings is 1. The van der Waals surface area contributed by atoms with Crippen LogP contribution in [0.1, 0.15) is 17.5 Å². The van der Waals surface area contributed by atoms with E-state index < -0.39 is 22.9 Å². The molecule has 3 aromatic carbocycles. The minimum Gasteiger partial charge on any atom is -0.506 e. The Kier molecular flexibility index (Phi) is 6.37. The van der Waals surface area contributed by atoms with Crippen molar-refractivity contribution in [2.24, 2.45) is 0 Å². The van der Waals surface area contributed by atoms with Crippen LogP contribution in [0.3, 0.4) is 0 Å². The van der Waals surface area contributed by atoms with Crippen molar-refractivity contribution < 1.29 is 23.0 Å². The van der Waals surface area contributed by atoms with E-state index in [-0.39, 0.29) is 29.1 Å². The molecule has 1 unspecified atom stereocenters. The van der Waals surface area contributed by atoms with Crippen LogP contribution in [0.2, 0.25) is 0 Å². The summed E-state index contributed by atoms with van der Waals surface area (Å²) in [6.07, 6.45) is 2.56. The van der Waals surface area contributed by atoms with Gasteiger partial charge >= 0.3 is 0 Å². The van der Waals surface area contributed by atoms with Gasteiger partial charge in [-0.2, -0.15) is 5.26 Å². The largest absolute Gasteiger partial charge is 0.506 e. The molecule has 2 atom stereocenters. The first-order valence-electron chi connectivity index (χ1n) is 12.8. The van der Waals surface area contributed by atoms with Gasteiger partial charge in [0.15, 0.2) is 11.6 Å². The van der Waals surface area contributed by atoms with Crippen LogP contribution < -0.4 is 10.2 Å². The number of phenolic OH excluding ortho intramolecular Hbond substituents is 1. The number of aromatic hydroxyl groups is 1. The Balaban J connectivity index is 1.59. The highest BCUT2D eigenvalue weighted by molar-refractivity contribution is 6.02. The number of halogens is 3. The summed E-state index contributed by atoms with van der Waals surface area (Å²) in [5, 5.41) is 24.1. The van der Waals surface area contributed by atoms with Gasteiger partial charge in [-0.1, -0.05) is 12.1 Å². The van der Waals surface area contributed by atoms with Crippen LogP contribution in [0.15, 0.2) is 48.7 Å². The zero-order chi connectivity index (χ0) is 27.3. The average Bonchev–Trinajstić information content (AvgIpc) is 2.93. The van der Waals surface area contributed by atoms with Crippen molar-refractivity contribution in [3.8, 4) is 34.1 Å². The van der Waals surface area contributed by atoms with E-state index >= 15 is 4.39 Å². The molecular formula is C30H25F3N4O2. The molecule has 0 aliphatic carbocycles. The number of aryl methyl sites for hydroxylation is 1. The van der Waals surface area contributed by atoms with Gasteiger partial charge in [-0.15, -0.1) is 0 Å². The SMILES string of the molecule is Cc1cc(F)cc(-c2cnc3ccc(-c4c(O)c(C#N)cc(F)c4F)cc3c2N2CCC3OCCN[C@@H]3C2)c1. The molecular weight excluding hydrogens is 505 g/mol. The lowest BCUT2D eigenvalue weighted by Gasteiger charge is -2.43.